The highest BCUT2D eigenvalue weighted by Gasteiger charge is 2.28. The zero-order chi connectivity index (χ0) is 20.6. The Morgan fingerprint density at radius 2 is 1.62 bits per heavy atom. The zero-order valence-corrected chi connectivity index (χ0v) is 17.1. The number of carbonyl (C=O) groups is 2. The van der Waals surface area contributed by atoms with Crippen molar-refractivity contribution in [3.8, 4) is 0 Å². The molecule has 0 aliphatic carbocycles. The zero-order valence-electron chi connectivity index (χ0n) is 17.1. The first-order valence-corrected chi connectivity index (χ1v) is 10.1. The number of quaternary nitrogens is 1. The van der Waals surface area contributed by atoms with Crippen LogP contribution in [0.3, 0.4) is 0 Å². The van der Waals surface area contributed by atoms with Gasteiger partial charge in [-0.1, -0.05) is 12.1 Å². The maximum Gasteiger partial charge on any atom is 0.309 e. The number of hydrogen-bond donors (Lipinski definition) is 3. The third-order valence-corrected chi connectivity index (χ3v) is 5.43. The van der Waals surface area contributed by atoms with Crippen molar-refractivity contribution in [1.82, 2.24) is 15.6 Å². The molecule has 3 N–H and O–H groups in total. The Morgan fingerprint density at radius 3 is 2.24 bits per heavy atom. The van der Waals surface area contributed by atoms with Crippen LogP contribution in [0.1, 0.15) is 30.0 Å². The van der Waals surface area contributed by atoms with Gasteiger partial charge in [0, 0.05) is 57.1 Å². The highest BCUT2D eigenvalue weighted by molar-refractivity contribution is 6.35. The predicted molar refractivity (Wildman–Crippen MR) is 113 cm³/mol. The summed E-state index contributed by atoms with van der Waals surface area (Å²) in [5.74, 6) is -1.20. The van der Waals surface area contributed by atoms with Gasteiger partial charge >= 0.3 is 11.8 Å². The van der Waals surface area contributed by atoms with E-state index in [9.17, 15) is 9.59 Å². The van der Waals surface area contributed by atoms with Crippen LogP contribution in [-0.4, -0.2) is 50.5 Å². The molecule has 29 heavy (non-hydrogen) atoms. The van der Waals surface area contributed by atoms with Crippen LogP contribution < -0.4 is 20.4 Å². The van der Waals surface area contributed by atoms with Gasteiger partial charge in [0.25, 0.3) is 0 Å². The van der Waals surface area contributed by atoms with Gasteiger partial charge in [-0.25, -0.2) is 0 Å². The maximum absolute atomic E-state index is 12.3. The van der Waals surface area contributed by atoms with E-state index in [2.05, 4.69) is 44.8 Å². The number of hydrogen-bond acceptors (Lipinski definition) is 4. The summed E-state index contributed by atoms with van der Waals surface area (Å²) >= 11 is 0. The van der Waals surface area contributed by atoms with Crippen molar-refractivity contribution in [2.75, 3.05) is 38.6 Å². The second kappa shape index (κ2) is 10.0. The Hall–Kier alpha value is -2.93. The molecule has 1 aromatic heterocycles. The Bertz CT molecular complexity index is 802. The number of benzene rings is 1. The lowest BCUT2D eigenvalue weighted by Gasteiger charge is -2.25. The fourth-order valence-corrected chi connectivity index (χ4v) is 3.72. The average molecular weight is 397 g/mol. The van der Waals surface area contributed by atoms with E-state index in [0.717, 1.165) is 24.3 Å². The summed E-state index contributed by atoms with van der Waals surface area (Å²) in [4.78, 5) is 31.9. The van der Waals surface area contributed by atoms with Crippen LogP contribution in [0.25, 0.3) is 0 Å². The van der Waals surface area contributed by atoms with Gasteiger partial charge in [-0.05, 0) is 29.8 Å². The molecule has 0 spiro atoms. The lowest BCUT2D eigenvalue weighted by molar-refractivity contribution is -0.918. The first kappa shape index (κ1) is 20.8. The monoisotopic (exact) mass is 396 g/mol. The first-order valence-electron chi connectivity index (χ1n) is 10.1. The molecule has 7 nitrogen and oxygen atoms in total. The van der Waals surface area contributed by atoms with Gasteiger partial charge in [0.1, 0.15) is 6.04 Å². The molecule has 1 aromatic carbocycles. The molecule has 0 saturated carbocycles. The quantitative estimate of drug-likeness (QED) is 0.589. The lowest BCUT2D eigenvalue weighted by Crippen LogP contribution is -3.11. The molecule has 1 saturated heterocycles. The SMILES string of the molecule is CN(C)c1ccc([C@H](CNC(=O)C(=O)NCc2ccncc2)[NH+]2CCCC2)cc1. The van der Waals surface area contributed by atoms with Crippen molar-refractivity contribution >= 4 is 17.5 Å². The molecule has 0 bridgehead atoms. The van der Waals surface area contributed by atoms with Crippen molar-refractivity contribution in [1.29, 1.82) is 0 Å². The topological polar surface area (TPSA) is 78.8 Å². The fraction of sp³-hybridized carbons (Fsp3) is 0.409. The number of anilines is 1. The van der Waals surface area contributed by atoms with Crippen molar-refractivity contribution in [2.45, 2.75) is 25.4 Å². The van der Waals surface area contributed by atoms with E-state index in [4.69, 9.17) is 0 Å². The average Bonchev–Trinajstić information content (AvgIpc) is 3.27. The molecule has 1 fully saturated rings. The van der Waals surface area contributed by atoms with E-state index in [1.165, 1.54) is 23.3 Å². The van der Waals surface area contributed by atoms with Gasteiger partial charge in [0.2, 0.25) is 0 Å². The van der Waals surface area contributed by atoms with Crippen LogP contribution in [0.5, 0.6) is 0 Å². The van der Waals surface area contributed by atoms with E-state index in [0.29, 0.717) is 13.1 Å². The van der Waals surface area contributed by atoms with Crippen molar-refractivity contribution in [2.24, 2.45) is 0 Å². The molecule has 0 radical (unpaired) electrons. The van der Waals surface area contributed by atoms with Gasteiger partial charge in [-0.3, -0.25) is 14.6 Å². The van der Waals surface area contributed by atoms with Gasteiger partial charge in [0.05, 0.1) is 19.6 Å². The summed E-state index contributed by atoms with van der Waals surface area (Å²) in [5.41, 5.74) is 3.23. The number of likely N-dealkylation sites (tertiary alicyclic amines) is 1. The summed E-state index contributed by atoms with van der Waals surface area (Å²) in [5, 5.41) is 5.50. The molecular formula is C22H30N5O2+. The summed E-state index contributed by atoms with van der Waals surface area (Å²) < 4.78 is 0. The molecule has 1 aliphatic heterocycles. The van der Waals surface area contributed by atoms with Crippen LogP contribution >= 0.6 is 0 Å². The highest BCUT2D eigenvalue weighted by Crippen LogP contribution is 2.17. The van der Waals surface area contributed by atoms with Gasteiger partial charge in [-0.15, -0.1) is 0 Å². The summed E-state index contributed by atoms with van der Waals surface area (Å²) in [6.45, 7) is 2.92. The van der Waals surface area contributed by atoms with Crippen molar-refractivity contribution < 1.29 is 14.5 Å². The van der Waals surface area contributed by atoms with Gasteiger partial charge < -0.3 is 20.4 Å². The third-order valence-electron chi connectivity index (χ3n) is 5.43. The highest BCUT2D eigenvalue weighted by atomic mass is 16.2. The minimum Gasteiger partial charge on any atom is -0.378 e. The molecule has 2 amide bonds. The molecular weight excluding hydrogens is 366 g/mol. The minimum absolute atomic E-state index is 0.144. The Morgan fingerprint density at radius 1 is 1.00 bits per heavy atom. The molecule has 2 heterocycles. The third kappa shape index (κ3) is 5.77. The summed E-state index contributed by atoms with van der Waals surface area (Å²) in [6, 6.07) is 12.2. The molecule has 2 aromatic rings. The maximum atomic E-state index is 12.3. The lowest BCUT2D eigenvalue weighted by atomic mass is 10.0. The molecule has 1 aliphatic rings. The number of pyridine rings is 1. The van der Waals surface area contributed by atoms with E-state index in [1.807, 2.05) is 26.2 Å². The molecule has 154 valence electrons. The Balaban J connectivity index is 1.59. The van der Waals surface area contributed by atoms with E-state index < -0.39 is 11.8 Å². The normalized spacial score (nSPS) is 15.0. The van der Waals surface area contributed by atoms with Crippen LogP contribution in [0, 0.1) is 0 Å². The van der Waals surface area contributed by atoms with Crippen LogP contribution in [0.15, 0.2) is 48.8 Å². The number of nitrogens with zero attached hydrogens (tertiary/aromatic N) is 2. The molecule has 3 rings (SSSR count). The number of carbonyl (C=O) groups excluding carboxylic acids is 2. The first-order chi connectivity index (χ1) is 14.0. The fourth-order valence-electron chi connectivity index (χ4n) is 3.72. The minimum atomic E-state index is -0.611. The number of amides is 2. The van der Waals surface area contributed by atoms with Gasteiger partial charge in [-0.2, -0.15) is 0 Å². The molecule has 1 atom stereocenters. The molecule has 7 heteroatoms. The predicted octanol–water partition coefficient (Wildman–Crippen LogP) is 0.300. The number of nitrogens with one attached hydrogen (secondary N) is 3. The molecule has 0 unspecified atom stereocenters. The van der Waals surface area contributed by atoms with Crippen LogP contribution in [0.2, 0.25) is 0 Å². The smallest absolute Gasteiger partial charge is 0.309 e. The standard InChI is InChI=1S/C22H29N5O2/c1-26(2)19-7-5-18(6-8-19)20(27-13-3-4-14-27)16-25-22(29)21(28)24-15-17-9-11-23-12-10-17/h5-12,20H,3-4,13-16H2,1-2H3,(H,24,28)(H,25,29)/p+1/t20-/m0/s1. The van der Waals surface area contributed by atoms with E-state index >= 15 is 0 Å². The van der Waals surface area contributed by atoms with Crippen molar-refractivity contribution in [3.05, 3.63) is 59.9 Å². The summed E-state index contributed by atoms with van der Waals surface area (Å²) in [6.07, 6.45) is 5.71. The second-order valence-corrected chi connectivity index (χ2v) is 7.65. The Kier molecular flexibility index (Phi) is 7.19. The van der Waals surface area contributed by atoms with Gasteiger partial charge in [0.15, 0.2) is 0 Å². The van der Waals surface area contributed by atoms with E-state index in [-0.39, 0.29) is 6.04 Å². The summed E-state index contributed by atoms with van der Waals surface area (Å²) in [7, 11) is 4.03. The van der Waals surface area contributed by atoms with Crippen molar-refractivity contribution in [3.63, 3.8) is 0 Å². The van der Waals surface area contributed by atoms with E-state index in [1.54, 1.807) is 12.4 Å². The number of aromatic nitrogens is 1. The second-order valence-electron chi connectivity index (χ2n) is 7.65. The van der Waals surface area contributed by atoms with Crippen LogP contribution in [-0.2, 0) is 16.1 Å². The Labute approximate surface area is 172 Å². The van der Waals surface area contributed by atoms with Crippen LogP contribution in [0.4, 0.5) is 5.69 Å². The number of rotatable bonds is 7. The largest absolute Gasteiger partial charge is 0.378 e.